The number of hydrogen-bond acceptors (Lipinski definition) is 2. The second kappa shape index (κ2) is 8.29. The molecule has 1 heterocycles. The molecule has 1 saturated heterocycles. The Kier molecular flexibility index (Phi) is 6.24. The van der Waals surface area contributed by atoms with Crippen LogP contribution < -0.4 is 5.19 Å². The smallest absolute Gasteiger partial charge is 0.207 e. The van der Waals surface area contributed by atoms with Gasteiger partial charge < -0.3 is 0 Å². The summed E-state index contributed by atoms with van der Waals surface area (Å²) in [6.07, 6.45) is 2.09. The highest BCUT2D eigenvalue weighted by atomic mass is 32.2. The summed E-state index contributed by atoms with van der Waals surface area (Å²) in [6, 6.07) is 15.8. The van der Waals surface area contributed by atoms with Crippen LogP contribution in [0, 0.1) is 26.7 Å². The summed E-state index contributed by atoms with van der Waals surface area (Å²) in [4.78, 5) is 0.513. The van der Waals surface area contributed by atoms with Gasteiger partial charge in [-0.05, 0) is 50.7 Å². The lowest BCUT2D eigenvalue weighted by molar-refractivity contribution is 0.280. The normalized spacial score (nSPS) is 18.8. The van der Waals surface area contributed by atoms with Gasteiger partial charge in [0.05, 0.1) is 13.7 Å². The minimum atomic E-state index is -3.43. The Morgan fingerprint density at radius 2 is 1.70 bits per heavy atom. The van der Waals surface area contributed by atoms with Crippen molar-refractivity contribution in [2.75, 3.05) is 13.1 Å². The highest BCUT2D eigenvalue weighted by Crippen LogP contribution is 2.30. The molecular formula is C22H30NO2SSi. The second-order valence-electron chi connectivity index (χ2n) is 7.95. The Labute approximate surface area is 166 Å². The average Bonchev–Trinajstić information content (AvgIpc) is 2.61. The number of sulfonamides is 1. The summed E-state index contributed by atoms with van der Waals surface area (Å²) in [5.74, 6) is 0.457. The lowest BCUT2D eigenvalue weighted by atomic mass is 10.0. The molecule has 0 spiro atoms. The largest absolute Gasteiger partial charge is 0.243 e. The van der Waals surface area contributed by atoms with E-state index in [2.05, 4.69) is 36.9 Å². The molecule has 3 rings (SSSR count). The van der Waals surface area contributed by atoms with Gasteiger partial charge in [0.25, 0.3) is 0 Å². The van der Waals surface area contributed by atoms with Crippen LogP contribution in [0.2, 0.25) is 12.6 Å². The molecule has 27 heavy (non-hydrogen) atoms. The van der Waals surface area contributed by atoms with Crippen molar-refractivity contribution in [1.29, 1.82) is 0 Å². The fraction of sp³-hybridized carbons (Fsp3) is 0.455. The van der Waals surface area contributed by atoms with Gasteiger partial charge in [-0.3, -0.25) is 0 Å². The quantitative estimate of drug-likeness (QED) is 0.710. The number of rotatable bonds is 5. The SMILES string of the molecule is Cc1cc(C)c(S(=O)(=O)N2CCCC(C[Si](C)c3ccccc3)C2)c(C)c1. The third-order valence-corrected chi connectivity index (χ3v) is 10.2. The molecule has 3 nitrogen and oxygen atoms in total. The maximum absolute atomic E-state index is 13.4. The number of benzene rings is 2. The number of piperidine rings is 1. The van der Waals surface area contributed by atoms with E-state index in [1.807, 2.05) is 32.9 Å². The van der Waals surface area contributed by atoms with Crippen molar-refractivity contribution in [1.82, 2.24) is 4.31 Å². The molecule has 1 fully saturated rings. The van der Waals surface area contributed by atoms with Crippen LogP contribution in [0.1, 0.15) is 29.5 Å². The van der Waals surface area contributed by atoms with Crippen LogP contribution in [0.4, 0.5) is 0 Å². The van der Waals surface area contributed by atoms with Crippen LogP contribution in [0.25, 0.3) is 0 Å². The Hall–Kier alpha value is -1.43. The Morgan fingerprint density at radius 1 is 1.07 bits per heavy atom. The van der Waals surface area contributed by atoms with Gasteiger partial charge in [-0.25, -0.2) is 8.42 Å². The van der Waals surface area contributed by atoms with Crippen molar-refractivity contribution >= 4 is 24.0 Å². The van der Waals surface area contributed by atoms with E-state index in [4.69, 9.17) is 0 Å². The summed E-state index contributed by atoms with van der Waals surface area (Å²) in [7, 11) is -4.07. The molecule has 1 aliphatic rings. The molecular weight excluding hydrogens is 370 g/mol. The highest BCUT2D eigenvalue weighted by Gasteiger charge is 2.33. The Bertz CT molecular complexity index is 873. The number of hydrogen-bond donors (Lipinski definition) is 0. The van der Waals surface area contributed by atoms with Crippen molar-refractivity contribution < 1.29 is 8.42 Å². The molecule has 1 unspecified atom stereocenters. The van der Waals surface area contributed by atoms with E-state index < -0.39 is 18.8 Å². The first kappa shape index (κ1) is 20.3. The van der Waals surface area contributed by atoms with Gasteiger partial charge in [-0.15, -0.1) is 0 Å². The van der Waals surface area contributed by atoms with E-state index in [1.165, 1.54) is 5.19 Å². The van der Waals surface area contributed by atoms with Crippen LogP contribution >= 0.6 is 0 Å². The van der Waals surface area contributed by atoms with Gasteiger partial charge in [-0.1, -0.05) is 65.8 Å². The maximum atomic E-state index is 13.4. The summed E-state index contributed by atoms with van der Waals surface area (Å²) in [5, 5.41) is 1.44. The third-order valence-electron chi connectivity index (χ3n) is 5.55. The average molecular weight is 401 g/mol. The summed E-state index contributed by atoms with van der Waals surface area (Å²) in [5.41, 5.74) is 2.83. The van der Waals surface area contributed by atoms with Crippen LogP contribution in [0.3, 0.4) is 0 Å². The molecule has 145 valence electrons. The Morgan fingerprint density at radius 3 is 2.33 bits per heavy atom. The van der Waals surface area contributed by atoms with Crippen molar-refractivity contribution in [3.8, 4) is 0 Å². The van der Waals surface area contributed by atoms with E-state index >= 15 is 0 Å². The van der Waals surface area contributed by atoms with E-state index in [1.54, 1.807) is 4.31 Å². The molecule has 0 aromatic heterocycles. The van der Waals surface area contributed by atoms with E-state index in [0.29, 0.717) is 23.9 Å². The standard InChI is InChI=1S/C22H30NO2SSi/c1-17-13-18(2)22(19(3)14-17)26(24,25)23-12-8-9-20(15-23)16-27(4)21-10-6-5-7-11-21/h5-7,10-11,13-14,20H,8-9,12,15-16H2,1-4H3. The predicted octanol–water partition coefficient (Wildman–Crippen LogP) is 4.04. The van der Waals surface area contributed by atoms with Crippen molar-refractivity contribution in [3.05, 3.63) is 59.2 Å². The fourth-order valence-corrected chi connectivity index (χ4v) is 8.55. The first-order chi connectivity index (χ1) is 12.8. The van der Waals surface area contributed by atoms with Crippen LogP contribution in [0.15, 0.2) is 47.4 Å². The summed E-state index contributed by atoms with van der Waals surface area (Å²) in [6.45, 7) is 9.49. The third kappa shape index (κ3) is 4.53. The predicted molar refractivity (Wildman–Crippen MR) is 115 cm³/mol. The lowest BCUT2D eigenvalue weighted by Gasteiger charge is -2.33. The molecule has 1 aliphatic heterocycles. The van der Waals surface area contributed by atoms with Gasteiger partial charge in [0.1, 0.15) is 0 Å². The topological polar surface area (TPSA) is 37.4 Å². The zero-order valence-corrected chi connectivity index (χ0v) is 18.6. The molecule has 0 aliphatic carbocycles. The molecule has 0 amide bonds. The van der Waals surface area contributed by atoms with E-state index in [9.17, 15) is 8.42 Å². The number of aryl methyl sites for hydroxylation is 3. The first-order valence-electron chi connectivity index (χ1n) is 9.75. The minimum Gasteiger partial charge on any atom is -0.207 e. The van der Waals surface area contributed by atoms with E-state index in [0.717, 1.165) is 35.6 Å². The van der Waals surface area contributed by atoms with E-state index in [-0.39, 0.29) is 0 Å². The summed E-state index contributed by atoms with van der Waals surface area (Å²) < 4.78 is 28.5. The van der Waals surface area contributed by atoms with Gasteiger partial charge >= 0.3 is 0 Å². The maximum Gasteiger partial charge on any atom is 0.243 e. The van der Waals surface area contributed by atoms with Gasteiger partial charge in [-0.2, -0.15) is 4.31 Å². The molecule has 0 N–H and O–H groups in total. The summed E-state index contributed by atoms with van der Waals surface area (Å²) >= 11 is 0. The van der Waals surface area contributed by atoms with Crippen molar-refractivity contribution in [2.24, 2.45) is 5.92 Å². The van der Waals surface area contributed by atoms with Crippen LogP contribution in [-0.4, -0.2) is 34.6 Å². The lowest BCUT2D eigenvalue weighted by Crippen LogP contribution is -2.42. The van der Waals surface area contributed by atoms with Crippen LogP contribution in [-0.2, 0) is 10.0 Å². The zero-order valence-electron chi connectivity index (χ0n) is 16.8. The zero-order chi connectivity index (χ0) is 19.6. The monoisotopic (exact) mass is 400 g/mol. The van der Waals surface area contributed by atoms with Crippen molar-refractivity contribution in [2.45, 2.75) is 51.1 Å². The molecule has 1 radical (unpaired) electrons. The highest BCUT2D eigenvalue weighted by molar-refractivity contribution is 7.89. The molecule has 2 aromatic carbocycles. The minimum absolute atomic E-state index is 0.457. The fourth-order valence-electron chi connectivity index (χ4n) is 4.39. The van der Waals surface area contributed by atoms with Gasteiger partial charge in [0, 0.05) is 13.1 Å². The second-order valence-corrected chi connectivity index (χ2v) is 12.4. The van der Waals surface area contributed by atoms with Gasteiger partial charge in [0.2, 0.25) is 10.0 Å². The first-order valence-corrected chi connectivity index (χ1v) is 13.4. The van der Waals surface area contributed by atoms with Crippen LogP contribution in [0.5, 0.6) is 0 Å². The van der Waals surface area contributed by atoms with Gasteiger partial charge in [0.15, 0.2) is 0 Å². The molecule has 0 saturated carbocycles. The molecule has 1 atom stereocenters. The van der Waals surface area contributed by atoms with Crippen molar-refractivity contribution in [3.63, 3.8) is 0 Å². The molecule has 5 heteroatoms. The number of nitrogens with zero attached hydrogens (tertiary/aromatic N) is 1. The molecule has 0 bridgehead atoms. The Balaban J connectivity index is 1.78. The molecule has 2 aromatic rings.